The van der Waals surface area contributed by atoms with E-state index < -0.39 is 0 Å². The zero-order chi connectivity index (χ0) is 16.8. The third-order valence-electron chi connectivity index (χ3n) is 6.04. The van der Waals surface area contributed by atoms with Crippen LogP contribution < -0.4 is 10.6 Å². The molecule has 0 unspecified atom stereocenters. The van der Waals surface area contributed by atoms with Crippen molar-refractivity contribution in [1.29, 1.82) is 0 Å². The molecule has 3 rings (SSSR count). The van der Waals surface area contributed by atoms with Gasteiger partial charge in [0.25, 0.3) is 0 Å². The third-order valence-corrected chi connectivity index (χ3v) is 6.04. The Morgan fingerprint density at radius 3 is 2.54 bits per heavy atom. The van der Waals surface area contributed by atoms with Crippen LogP contribution >= 0.6 is 0 Å². The minimum atomic E-state index is 0.131. The molecule has 1 saturated carbocycles. The summed E-state index contributed by atoms with van der Waals surface area (Å²) >= 11 is 0. The minimum absolute atomic E-state index is 0.131. The summed E-state index contributed by atoms with van der Waals surface area (Å²) in [5, 5.41) is 6.78. The van der Waals surface area contributed by atoms with Gasteiger partial charge in [-0.3, -0.25) is 4.79 Å². The maximum atomic E-state index is 12.7. The highest BCUT2D eigenvalue weighted by atomic mass is 16.1. The maximum Gasteiger partial charge on any atom is 0.223 e. The van der Waals surface area contributed by atoms with Crippen molar-refractivity contribution >= 4 is 5.91 Å². The van der Waals surface area contributed by atoms with Crippen LogP contribution in [0.4, 0.5) is 0 Å². The van der Waals surface area contributed by atoms with Crippen LogP contribution in [0.1, 0.15) is 63.9 Å². The van der Waals surface area contributed by atoms with Gasteiger partial charge < -0.3 is 10.6 Å². The molecule has 132 valence electrons. The fourth-order valence-electron chi connectivity index (χ4n) is 4.54. The smallest absolute Gasteiger partial charge is 0.223 e. The van der Waals surface area contributed by atoms with Crippen molar-refractivity contribution in [2.45, 2.75) is 69.7 Å². The molecule has 1 saturated heterocycles. The van der Waals surface area contributed by atoms with Gasteiger partial charge in [-0.1, -0.05) is 56.0 Å². The molecule has 3 nitrogen and oxygen atoms in total. The van der Waals surface area contributed by atoms with Crippen LogP contribution in [-0.4, -0.2) is 25.0 Å². The molecule has 24 heavy (non-hydrogen) atoms. The summed E-state index contributed by atoms with van der Waals surface area (Å²) in [7, 11) is 0. The number of benzene rings is 1. The lowest BCUT2D eigenvalue weighted by molar-refractivity contribution is -0.126. The Hall–Kier alpha value is -1.35. The number of amides is 1. The van der Waals surface area contributed by atoms with Crippen LogP contribution in [0.5, 0.6) is 0 Å². The highest BCUT2D eigenvalue weighted by Crippen LogP contribution is 2.38. The number of piperidine rings is 1. The number of hydrogen-bond donors (Lipinski definition) is 2. The first-order valence-corrected chi connectivity index (χ1v) is 9.76. The first-order chi connectivity index (χ1) is 11.7. The van der Waals surface area contributed by atoms with Crippen molar-refractivity contribution in [3.63, 3.8) is 0 Å². The van der Waals surface area contributed by atoms with E-state index in [-0.39, 0.29) is 17.2 Å². The number of carbonyl (C=O) groups excluding carboxylic acids is 1. The summed E-state index contributed by atoms with van der Waals surface area (Å²) in [5.74, 6) is 0.447. The van der Waals surface area contributed by atoms with E-state index in [0.717, 1.165) is 25.9 Å². The maximum absolute atomic E-state index is 12.7. The lowest BCUT2D eigenvalue weighted by atomic mass is 9.74. The summed E-state index contributed by atoms with van der Waals surface area (Å²) in [5.41, 5.74) is 1.54. The summed E-state index contributed by atoms with van der Waals surface area (Å²) < 4.78 is 0. The van der Waals surface area contributed by atoms with Crippen molar-refractivity contribution in [2.24, 2.45) is 5.92 Å². The molecule has 1 aliphatic carbocycles. The van der Waals surface area contributed by atoms with Gasteiger partial charge in [0.05, 0.1) is 0 Å². The molecule has 2 N–H and O–H groups in total. The molecule has 0 bridgehead atoms. The predicted molar refractivity (Wildman–Crippen MR) is 99.0 cm³/mol. The summed E-state index contributed by atoms with van der Waals surface area (Å²) in [4.78, 5) is 12.7. The molecular weight excluding hydrogens is 296 g/mol. The van der Waals surface area contributed by atoms with Crippen molar-refractivity contribution in [3.8, 4) is 0 Å². The van der Waals surface area contributed by atoms with Gasteiger partial charge in [-0.05, 0) is 44.7 Å². The van der Waals surface area contributed by atoms with Crippen molar-refractivity contribution in [1.82, 2.24) is 10.6 Å². The van der Waals surface area contributed by atoms with E-state index in [1.165, 1.54) is 44.1 Å². The summed E-state index contributed by atoms with van der Waals surface area (Å²) in [6, 6.07) is 11.3. The van der Waals surface area contributed by atoms with E-state index in [1.54, 1.807) is 0 Å². The summed E-state index contributed by atoms with van der Waals surface area (Å²) in [6.45, 7) is 3.94. The lowest BCUT2D eigenvalue weighted by Crippen LogP contribution is -2.46. The quantitative estimate of drug-likeness (QED) is 0.826. The zero-order valence-corrected chi connectivity index (χ0v) is 15.0. The first-order valence-electron chi connectivity index (χ1n) is 9.76. The van der Waals surface area contributed by atoms with Crippen LogP contribution in [0.25, 0.3) is 0 Å². The van der Waals surface area contributed by atoms with Gasteiger partial charge in [-0.15, -0.1) is 0 Å². The number of rotatable bonds is 4. The average molecular weight is 329 g/mol. The van der Waals surface area contributed by atoms with E-state index in [0.29, 0.717) is 6.04 Å². The second-order valence-electron chi connectivity index (χ2n) is 7.85. The molecule has 1 aromatic rings. The molecule has 0 aromatic heterocycles. The van der Waals surface area contributed by atoms with Crippen LogP contribution in [0.3, 0.4) is 0 Å². The molecule has 1 aromatic carbocycles. The first kappa shape index (κ1) is 17.5. The molecule has 0 radical (unpaired) electrons. The van der Waals surface area contributed by atoms with Crippen LogP contribution in [0.15, 0.2) is 30.3 Å². The highest BCUT2D eigenvalue weighted by Gasteiger charge is 2.34. The van der Waals surface area contributed by atoms with E-state index >= 15 is 0 Å². The monoisotopic (exact) mass is 328 g/mol. The molecule has 0 spiro atoms. The Bertz CT molecular complexity index is 520. The van der Waals surface area contributed by atoms with Gasteiger partial charge in [0, 0.05) is 23.9 Å². The van der Waals surface area contributed by atoms with Gasteiger partial charge >= 0.3 is 0 Å². The Morgan fingerprint density at radius 2 is 1.88 bits per heavy atom. The predicted octanol–water partition coefficient (Wildman–Crippen LogP) is 3.78. The average Bonchev–Trinajstić information content (AvgIpc) is 2.87. The van der Waals surface area contributed by atoms with Crippen LogP contribution in [0.2, 0.25) is 0 Å². The lowest BCUT2D eigenvalue weighted by Gasteiger charge is -2.35. The number of hydrogen-bond acceptors (Lipinski definition) is 2. The van der Waals surface area contributed by atoms with Crippen molar-refractivity contribution in [3.05, 3.63) is 35.9 Å². The molecule has 1 aliphatic heterocycles. The topological polar surface area (TPSA) is 41.1 Å². The summed E-state index contributed by atoms with van der Waals surface area (Å²) in [6.07, 6.45) is 9.52. The normalized spacial score (nSPS) is 27.2. The Labute approximate surface area is 146 Å². The number of nitrogens with one attached hydrogen (secondary N) is 2. The molecule has 1 amide bonds. The Kier molecular flexibility index (Phi) is 5.94. The van der Waals surface area contributed by atoms with Crippen LogP contribution in [0, 0.1) is 5.92 Å². The molecule has 3 heteroatoms. The van der Waals surface area contributed by atoms with E-state index in [2.05, 4.69) is 47.9 Å². The molecule has 1 heterocycles. The van der Waals surface area contributed by atoms with Gasteiger partial charge in [-0.25, -0.2) is 0 Å². The third kappa shape index (κ3) is 4.18. The van der Waals surface area contributed by atoms with Crippen LogP contribution in [-0.2, 0) is 10.2 Å². The van der Waals surface area contributed by atoms with Gasteiger partial charge in [0.15, 0.2) is 0 Å². The SMILES string of the molecule is C[C@H]1C[C@@H](C(=O)NCC2(c3ccccc3)CCCCCC2)CCN1. The fourth-order valence-corrected chi connectivity index (χ4v) is 4.54. The molecule has 2 atom stereocenters. The van der Waals surface area contributed by atoms with Crippen molar-refractivity contribution in [2.75, 3.05) is 13.1 Å². The standard InChI is InChI=1S/C21H32N2O/c1-17-15-18(11-14-22-17)20(24)23-16-21(12-7-2-3-8-13-21)19-9-5-4-6-10-19/h4-6,9-10,17-18,22H,2-3,7-8,11-16H2,1H3,(H,23,24)/t17-,18-/m0/s1. The molecule has 2 aliphatic rings. The highest BCUT2D eigenvalue weighted by molar-refractivity contribution is 5.79. The van der Waals surface area contributed by atoms with E-state index in [1.807, 2.05) is 0 Å². The Morgan fingerprint density at radius 1 is 1.17 bits per heavy atom. The molecule has 2 fully saturated rings. The Balaban J connectivity index is 1.69. The minimum Gasteiger partial charge on any atom is -0.355 e. The fraction of sp³-hybridized carbons (Fsp3) is 0.667. The second-order valence-corrected chi connectivity index (χ2v) is 7.85. The van der Waals surface area contributed by atoms with E-state index in [9.17, 15) is 4.79 Å². The number of carbonyl (C=O) groups is 1. The van der Waals surface area contributed by atoms with E-state index in [4.69, 9.17) is 0 Å². The second kappa shape index (κ2) is 8.15. The van der Waals surface area contributed by atoms with Gasteiger partial charge in [0.1, 0.15) is 0 Å². The zero-order valence-electron chi connectivity index (χ0n) is 15.0. The van der Waals surface area contributed by atoms with Gasteiger partial charge in [-0.2, -0.15) is 0 Å². The molecular formula is C21H32N2O. The largest absolute Gasteiger partial charge is 0.355 e. The van der Waals surface area contributed by atoms with Gasteiger partial charge in [0.2, 0.25) is 5.91 Å². The van der Waals surface area contributed by atoms with Crippen molar-refractivity contribution < 1.29 is 4.79 Å².